The van der Waals surface area contributed by atoms with E-state index < -0.39 is 17.7 Å². The van der Waals surface area contributed by atoms with E-state index in [1.165, 1.54) is 18.2 Å². The van der Waals surface area contributed by atoms with Crippen LogP contribution in [-0.4, -0.2) is 22.8 Å². The number of hydrogen-bond acceptors (Lipinski definition) is 3. The Morgan fingerprint density at radius 3 is 2.71 bits per heavy atom. The minimum absolute atomic E-state index is 0.00268. The standard InChI is InChI=1S/C13H10BrF3N2O2/c1-2-21-12(20)11-6-10(18-19-11)8-4-3-7(14)5-9(8)13(15,16)17/h3-6H,2H2,1H3,(H,18,19). The van der Waals surface area contributed by atoms with Crippen molar-refractivity contribution in [1.82, 2.24) is 10.2 Å². The number of nitrogens with one attached hydrogen (secondary N) is 1. The maximum atomic E-state index is 13.0. The van der Waals surface area contributed by atoms with Crippen LogP contribution >= 0.6 is 15.9 Å². The van der Waals surface area contributed by atoms with E-state index in [0.29, 0.717) is 4.47 Å². The molecule has 0 saturated carbocycles. The lowest BCUT2D eigenvalue weighted by atomic mass is 10.0. The number of aromatic nitrogens is 2. The average Bonchev–Trinajstić information content (AvgIpc) is 2.87. The fourth-order valence-electron chi connectivity index (χ4n) is 1.75. The van der Waals surface area contributed by atoms with Gasteiger partial charge in [0.05, 0.1) is 17.9 Å². The summed E-state index contributed by atoms with van der Waals surface area (Å²) in [6, 6.07) is 4.96. The van der Waals surface area contributed by atoms with Crippen LogP contribution in [0.15, 0.2) is 28.7 Å². The zero-order valence-corrected chi connectivity index (χ0v) is 12.4. The Labute approximate surface area is 126 Å². The van der Waals surface area contributed by atoms with Crippen LogP contribution in [-0.2, 0) is 10.9 Å². The molecule has 1 aromatic heterocycles. The molecule has 112 valence electrons. The zero-order chi connectivity index (χ0) is 15.6. The smallest absolute Gasteiger partial charge is 0.417 e. The van der Waals surface area contributed by atoms with Gasteiger partial charge in [-0.3, -0.25) is 5.10 Å². The summed E-state index contributed by atoms with van der Waals surface area (Å²) in [5, 5.41) is 6.13. The molecule has 1 heterocycles. The molecule has 8 heteroatoms. The van der Waals surface area contributed by atoms with E-state index in [-0.39, 0.29) is 23.6 Å². The summed E-state index contributed by atoms with van der Waals surface area (Å²) < 4.78 is 44.2. The highest BCUT2D eigenvalue weighted by Gasteiger charge is 2.34. The Hall–Kier alpha value is -1.83. The molecule has 1 N–H and O–H groups in total. The van der Waals surface area contributed by atoms with Crippen molar-refractivity contribution in [2.24, 2.45) is 0 Å². The van der Waals surface area contributed by atoms with Gasteiger partial charge in [0, 0.05) is 10.0 Å². The lowest BCUT2D eigenvalue weighted by Gasteiger charge is -2.11. The zero-order valence-electron chi connectivity index (χ0n) is 10.8. The van der Waals surface area contributed by atoms with Gasteiger partial charge in [0.15, 0.2) is 0 Å². The fraction of sp³-hybridized carbons (Fsp3) is 0.231. The maximum Gasteiger partial charge on any atom is 0.417 e. The van der Waals surface area contributed by atoms with Crippen molar-refractivity contribution in [3.63, 3.8) is 0 Å². The van der Waals surface area contributed by atoms with E-state index in [1.54, 1.807) is 6.92 Å². The van der Waals surface area contributed by atoms with Gasteiger partial charge in [0.25, 0.3) is 0 Å². The first-order valence-electron chi connectivity index (χ1n) is 5.92. The van der Waals surface area contributed by atoms with E-state index in [9.17, 15) is 18.0 Å². The van der Waals surface area contributed by atoms with Gasteiger partial charge < -0.3 is 4.74 Å². The molecule has 0 unspecified atom stereocenters. The summed E-state index contributed by atoms with van der Waals surface area (Å²) in [6.07, 6.45) is -4.53. The second kappa shape index (κ2) is 5.88. The molecule has 1 aromatic carbocycles. The molecule has 4 nitrogen and oxygen atoms in total. The second-order valence-corrected chi connectivity index (χ2v) is 4.99. The molecule has 0 bridgehead atoms. The molecule has 0 radical (unpaired) electrons. The highest BCUT2D eigenvalue weighted by molar-refractivity contribution is 9.10. The molecule has 0 atom stereocenters. The lowest BCUT2D eigenvalue weighted by Crippen LogP contribution is -2.07. The van der Waals surface area contributed by atoms with Crippen LogP contribution in [0.2, 0.25) is 0 Å². The number of benzene rings is 1. The third-order valence-electron chi connectivity index (χ3n) is 2.64. The minimum atomic E-state index is -4.53. The van der Waals surface area contributed by atoms with Gasteiger partial charge in [-0.15, -0.1) is 0 Å². The molecule has 0 saturated heterocycles. The van der Waals surface area contributed by atoms with E-state index >= 15 is 0 Å². The van der Waals surface area contributed by atoms with Gasteiger partial charge >= 0.3 is 12.1 Å². The highest BCUT2D eigenvalue weighted by atomic mass is 79.9. The predicted octanol–water partition coefficient (Wildman–Crippen LogP) is 4.03. The van der Waals surface area contributed by atoms with E-state index in [2.05, 4.69) is 26.1 Å². The normalized spacial score (nSPS) is 11.5. The molecule has 2 aromatic rings. The number of halogens is 4. The number of ether oxygens (including phenoxy) is 1. The molecule has 0 spiro atoms. The van der Waals surface area contributed by atoms with E-state index in [4.69, 9.17) is 4.74 Å². The lowest BCUT2D eigenvalue weighted by molar-refractivity contribution is -0.137. The number of carbonyl (C=O) groups excluding carboxylic acids is 1. The SMILES string of the molecule is CCOC(=O)c1cc(-c2ccc(Br)cc2C(F)(F)F)n[nH]1. The van der Waals surface area contributed by atoms with Crippen molar-refractivity contribution in [2.75, 3.05) is 6.61 Å². The molecule has 21 heavy (non-hydrogen) atoms. The number of alkyl halides is 3. The number of esters is 1. The van der Waals surface area contributed by atoms with Crippen LogP contribution in [0.5, 0.6) is 0 Å². The molecular formula is C13H10BrF3N2O2. The van der Waals surface area contributed by atoms with Crippen LogP contribution in [0.25, 0.3) is 11.3 Å². The summed E-state index contributed by atoms with van der Waals surface area (Å²) in [5.41, 5.74) is -0.919. The first kappa shape index (κ1) is 15.6. The minimum Gasteiger partial charge on any atom is -0.461 e. The first-order chi connectivity index (χ1) is 9.82. The van der Waals surface area contributed by atoms with E-state index in [1.807, 2.05) is 0 Å². The molecule has 0 fully saturated rings. The van der Waals surface area contributed by atoms with Gasteiger partial charge in [0.2, 0.25) is 0 Å². The van der Waals surface area contributed by atoms with Gasteiger partial charge in [-0.1, -0.05) is 22.0 Å². The van der Waals surface area contributed by atoms with Crippen LogP contribution in [0.4, 0.5) is 13.2 Å². The largest absolute Gasteiger partial charge is 0.461 e. The average molecular weight is 363 g/mol. The summed E-state index contributed by atoms with van der Waals surface area (Å²) in [7, 11) is 0. The van der Waals surface area contributed by atoms with Crippen LogP contribution in [0.1, 0.15) is 23.0 Å². The fourth-order valence-corrected chi connectivity index (χ4v) is 2.11. The topological polar surface area (TPSA) is 55.0 Å². The number of rotatable bonds is 3. The first-order valence-corrected chi connectivity index (χ1v) is 6.72. The Balaban J connectivity index is 2.46. The number of aromatic amines is 1. The number of nitrogens with zero attached hydrogens (tertiary/aromatic N) is 1. The van der Waals surface area contributed by atoms with Gasteiger partial charge in [-0.2, -0.15) is 18.3 Å². The quantitative estimate of drug-likeness (QED) is 0.838. The number of carbonyl (C=O) groups is 1. The Kier molecular flexibility index (Phi) is 4.36. The Bertz CT molecular complexity index is 668. The summed E-state index contributed by atoms with van der Waals surface area (Å²) in [4.78, 5) is 11.5. The van der Waals surface area contributed by atoms with Crippen molar-refractivity contribution in [3.05, 3.63) is 40.0 Å². The van der Waals surface area contributed by atoms with Crippen molar-refractivity contribution >= 4 is 21.9 Å². The van der Waals surface area contributed by atoms with E-state index in [0.717, 1.165) is 6.07 Å². The van der Waals surface area contributed by atoms with Crippen molar-refractivity contribution in [1.29, 1.82) is 0 Å². The Morgan fingerprint density at radius 2 is 2.10 bits per heavy atom. The van der Waals surface area contributed by atoms with Crippen molar-refractivity contribution < 1.29 is 22.7 Å². The maximum absolute atomic E-state index is 13.0. The van der Waals surface area contributed by atoms with Gasteiger partial charge in [0.1, 0.15) is 5.69 Å². The molecule has 0 aliphatic carbocycles. The number of H-pyrrole nitrogens is 1. The Morgan fingerprint density at radius 1 is 1.38 bits per heavy atom. The second-order valence-electron chi connectivity index (χ2n) is 4.07. The molecule has 0 aliphatic heterocycles. The third kappa shape index (κ3) is 3.44. The molecule has 0 amide bonds. The van der Waals surface area contributed by atoms with Crippen molar-refractivity contribution in [3.8, 4) is 11.3 Å². The van der Waals surface area contributed by atoms with Crippen LogP contribution in [0.3, 0.4) is 0 Å². The summed E-state index contributed by atoms with van der Waals surface area (Å²) >= 11 is 3.01. The monoisotopic (exact) mass is 362 g/mol. The van der Waals surface area contributed by atoms with Gasteiger partial charge in [-0.05, 0) is 25.1 Å². The highest BCUT2D eigenvalue weighted by Crippen LogP contribution is 2.38. The molecular weight excluding hydrogens is 353 g/mol. The van der Waals surface area contributed by atoms with Crippen LogP contribution in [0, 0.1) is 0 Å². The van der Waals surface area contributed by atoms with Crippen LogP contribution < -0.4 is 0 Å². The van der Waals surface area contributed by atoms with Gasteiger partial charge in [-0.25, -0.2) is 4.79 Å². The summed E-state index contributed by atoms with van der Waals surface area (Å²) in [6.45, 7) is 1.80. The molecule has 0 aliphatic rings. The molecule has 2 rings (SSSR count). The third-order valence-corrected chi connectivity index (χ3v) is 3.13. The van der Waals surface area contributed by atoms with Crippen molar-refractivity contribution in [2.45, 2.75) is 13.1 Å². The summed E-state index contributed by atoms with van der Waals surface area (Å²) in [5.74, 6) is -0.665. The number of hydrogen-bond donors (Lipinski definition) is 1. The predicted molar refractivity (Wildman–Crippen MR) is 72.7 cm³/mol.